The van der Waals surface area contributed by atoms with Gasteiger partial charge in [-0.25, -0.2) is 4.98 Å². The highest BCUT2D eigenvalue weighted by atomic mass is 32.2. The number of ether oxygens (including phenoxy) is 1. The molecule has 0 saturated heterocycles. The van der Waals surface area contributed by atoms with Gasteiger partial charge < -0.3 is 10.1 Å². The van der Waals surface area contributed by atoms with Crippen molar-refractivity contribution in [3.05, 3.63) is 34.6 Å². The number of carbonyl (C=O) groups excluding carboxylic acids is 1. The van der Waals surface area contributed by atoms with Crippen molar-refractivity contribution in [2.45, 2.75) is 63.7 Å². The first-order chi connectivity index (χ1) is 13.6. The van der Waals surface area contributed by atoms with Gasteiger partial charge in [0, 0.05) is 26.3 Å². The van der Waals surface area contributed by atoms with Gasteiger partial charge in [0.05, 0.1) is 16.7 Å². The van der Waals surface area contributed by atoms with Crippen LogP contribution in [0.5, 0.6) is 0 Å². The molecule has 1 heterocycles. The third-order valence-corrected chi connectivity index (χ3v) is 5.51. The van der Waals surface area contributed by atoms with Crippen LogP contribution in [-0.2, 0) is 16.1 Å². The Kier molecular flexibility index (Phi) is 9.50. The summed E-state index contributed by atoms with van der Waals surface area (Å²) in [5.41, 5.74) is 0.587. The lowest BCUT2D eigenvalue weighted by atomic mass is 10.1. The molecule has 1 N–H and O–H groups in total. The Bertz CT molecular complexity index is 822. The molecule has 154 valence electrons. The minimum absolute atomic E-state index is 0.0279. The number of para-hydroxylation sites is 1. The summed E-state index contributed by atoms with van der Waals surface area (Å²) in [6, 6.07) is 7.48. The number of carbonyl (C=O) groups is 1. The standard InChI is InChI=1S/C21H31N3O3S/c1-4-5-6-10-16(2)22-19(25)15-28-21-23-18-12-8-7-11-17(18)20(26)24(21)13-9-14-27-3/h7-8,11-12,16H,4-6,9-10,13-15H2,1-3H3,(H,22,25). The van der Waals surface area contributed by atoms with Crippen molar-refractivity contribution in [1.29, 1.82) is 0 Å². The number of hydrogen-bond donors (Lipinski definition) is 1. The molecule has 0 bridgehead atoms. The van der Waals surface area contributed by atoms with Gasteiger partial charge in [-0.05, 0) is 31.9 Å². The van der Waals surface area contributed by atoms with Crippen molar-refractivity contribution in [2.24, 2.45) is 0 Å². The number of hydrogen-bond acceptors (Lipinski definition) is 5. The molecule has 7 heteroatoms. The molecule has 2 aromatic rings. The molecular weight excluding hydrogens is 374 g/mol. The quantitative estimate of drug-likeness (QED) is 0.332. The number of benzene rings is 1. The summed E-state index contributed by atoms with van der Waals surface area (Å²) in [7, 11) is 1.64. The van der Waals surface area contributed by atoms with Crippen molar-refractivity contribution in [3.63, 3.8) is 0 Å². The lowest BCUT2D eigenvalue weighted by Crippen LogP contribution is -2.34. The summed E-state index contributed by atoms with van der Waals surface area (Å²) in [5.74, 6) is 0.215. The van der Waals surface area contributed by atoms with E-state index in [4.69, 9.17) is 4.74 Å². The fourth-order valence-electron chi connectivity index (χ4n) is 3.04. The number of methoxy groups -OCH3 is 1. The van der Waals surface area contributed by atoms with Crippen molar-refractivity contribution in [3.8, 4) is 0 Å². The van der Waals surface area contributed by atoms with Gasteiger partial charge in [0.2, 0.25) is 5.91 Å². The van der Waals surface area contributed by atoms with Crippen LogP contribution < -0.4 is 10.9 Å². The second-order valence-corrected chi connectivity index (χ2v) is 7.91. The van der Waals surface area contributed by atoms with Crippen molar-refractivity contribution in [2.75, 3.05) is 19.5 Å². The third kappa shape index (κ3) is 6.63. The molecule has 0 saturated carbocycles. The number of fused-ring (bicyclic) bond motifs is 1. The van der Waals surface area contributed by atoms with Gasteiger partial charge in [-0.1, -0.05) is 50.1 Å². The highest BCUT2D eigenvalue weighted by molar-refractivity contribution is 7.99. The first-order valence-electron chi connectivity index (χ1n) is 9.97. The average molecular weight is 406 g/mol. The molecule has 1 aromatic heterocycles. The number of nitrogens with one attached hydrogen (secondary N) is 1. The number of amides is 1. The Morgan fingerprint density at radius 2 is 2.07 bits per heavy atom. The predicted molar refractivity (Wildman–Crippen MR) is 115 cm³/mol. The summed E-state index contributed by atoms with van der Waals surface area (Å²) in [5, 5.41) is 4.21. The van der Waals surface area contributed by atoms with E-state index in [0.717, 1.165) is 12.8 Å². The minimum Gasteiger partial charge on any atom is -0.385 e. The number of thioether (sulfide) groups is 1. The third-order valence-electron chi connectivity index (χ3n) is 4.54. The fraction of sp³-hybridized carbons (Fsp3) is 0.571. The van der Waals surface area contributed by atoms with Crippen LogP contribution in [-0.4, -0.2) is 41.0 Å². The van der Waals surface area contributed by atoms with Crippen molar-refractivity contribution < 1.29 is 9.53 Å². The van der Waals surface area contributed by atoms with E-state index in [0.29, 0.717) is 35.6 Å². The van der Waals surface area contributed by atoms with Crippen LogP contribution in [0.1, 0.15) is 46.0 Å². The van der Waals surface area contributed by atoms with E-state index < -0.39 is 0 Å². The van der Waals surface area contributed by atoms with Gasteiger partial charge >= 0.3 is 0 Å². The normalized spacial score (nSPS) is 12.2. The number of unbranched alkanes of at least 4 members (excludes halogenated alkanes) is 2. The molecule has 0 aliphatic heterocycles. The zero-order valence-electron chi connectivity index (χ0n) is 17.1. The molecule has 1 amide bonds. The van der Waals surface area contributed by atoms with Gasteiger partial charge in [0.1, 0.15) is 0 Å². The van der Waals surface area contributed by atoms with E-state index >= 15 is 0 Å². The average Bonchev–Trinajstić information content (AvgIpc) is 2.68. The number of nitrogens with zero attached hydrogens (tertiary/aromatic N) is 2. The Balaban J connectivity index is 2.08. The molecule has 1 atom stereocenters. The molecule has 0 radical (unpaired) electrons. The molecule has 1 aromatic carbocycles. The van der Waals surface area contributed by atoms with Crippen LogP contribution in [0, 0.1) is 0 Å². The highest BCUT2D eigenvalue weighted by Gasteiger charge is 2.14. The topological polar surface area (TPSA) is 73.2 Å². The Hall–Kier alpha value is -1.86. The summed E-state index contributed by atoms with van der Waals surface area (Å²) < 4.78 is 6.76. The van der Waals surface area contributed by atoms with E-state index in [1.807, 2.05) is 25.1 Å². The first-order valence-corrected chi connectivity index (χ1v) is 11.0. The number of rotatable bonds is 12. The summed E-state index contributed by atoms with van der Waals surface area (Å²) in [6.45, 7) is 5.29. The van der Waals surface area contributed by atoms with E-state index in [-0.39, 0.29) is 23.3 Å². The van der Waals surface area contributed by atoms with E-state index in [2.05, 4.69) is 17.2 Å². The first kappa shape index (κ1) is 22.4. The van der Waals surface area contributed by atoms with E-state index in [1.54, 1.807) is 17.7 Å². The SMILES string of the molecule is CCCCCC(C)NC(=O)CSc1nc2ccccc2c(=O)n1CCCOC. The second-order valence-electron chi connectivity index (χ2n) is 6.97. The molecule has 6 nitrogen and oxygen atoms in total. The highest BCUT2D eigenvalue weighted by Crippen LogP contribution is 2.18. The molecule has 28 heavy (non-hydrogen) atoms. The van der Waals surface area contributed by atoms with Crippen LogP contribution >= 0.6 is 11.8 Å². The largest absolute Gasteiger partial charge is 0.385 e. The van der Waals surface area contributed by atoms with Crippen LogP contribution in [0.2, 0.25) is 0 Å². The van der Waals surface area contributed by atoms with Gasteiger partial charge in [-0.15, -0.1) is 0 Å². The van der Waals surface area contributed by atoms with Gasteiger partial charge in [0.25, 0.3) is 5.56 Å². The van der Waals surface area contributed by atoms with Crippen LogP contribution in [0.4, 0.5) is 0 Å². The van der Waals surface area contributed by atoms with Gasteiger partial charge in [-0.3, -0.25) is 14.2 Å². The maximum absolute atomic E-state index is 12.9. The maximum atomic E-state index is 12.9. The van der Waals surface area contributed by atoms with Crippen LogP contribution in [0.15, 0.2) is 34.2 Å². The summed E-state index contributed by atoms with van der Waals surface area (Å²) in [4.78, 5) is 29.8. The summed E-state index contributed by atoms with van der Waals surface area (Å²) >= 11 is 1.31. The Morgan fingerprint density at radius 3 is 2.82 bits per heavy atom. The second kappa shape index (κ2) is 11.9. The monoisotopic (exact) mass is 405 g/mol. The number of aromatic nitrogens is 2. The van der Waals surface area contributed by atoms with E-state index in [1.165, 1.54) is 24.6 Å². The Labute approximate surface area is 171 Å². The van der Waals surface area contributed by atoms with Crippen molar-refractivity contribution in [1.82, 2.24) is 14.9 Å². The predicted octanol–water partition coefficient (Wildman–Crippen LogP) is 3.61. The zero-order valence-corrected chi connectivity index (χ0v) is 17.9. The maximum Gasteiger partial charge on any atom is 0.262 e. The van der Waals surface area contributed by atoms with Gasteiger partial charge in [-0.2, -0.15) is 0 Å². The molecule has 1 unspecified atom stereocenters. The molecule has 0 aliphatic rings. The molecular formula is C21H31N3O3S. The lowest BCUT2D eigenvalue weighted by Gasteiger charge is -2.15. The van der Waals surface area contributed by atoms with Crippen molar-refractivity contribution >= 4 is 28.6 Å². The smallest absolute Gasteiger partial charge is 0.262 e. The minimum atomic E-state index is -0.0717. The lowest BCUT2D eigenvalue weighted by molar-refractivity contribution is -0.119. The van der Waals surface area contributed by atoms with Gasteiger partial charge in [0.15, 0.2) is 5.16 Å². The molecule has 0 fully saturated rings. The zero-order chi connectivity index (χ0) is 20.4. The van der Waals surface area contributed by atoms with Crippen LogP contribution in [0.25, 0.3) is 10.9 Å². The van der Waals surface area contributed by atoms with Crippen LogP contribution in [0.3, 0.4) is 0 Å². The Morgan fingerprint density at radius 1 is 1.29 bits per heavy atom. The fourth-order valence-corrected chi connectivity index (χ4v) is 3.88. The molecule has 0 aliphatic carbocycles. The molecule has 2 rings (SSSR count). The molecule has 0 spiro atoms. The summed E-state index contributed by atoms with van der Waals surface area (Å²) in [6.07, 6.45) is 5.18. The van der Waals surface area contributed by atoms with E-state index in [9.17, 15) is 9.59 Å².